The summed E-state index contributed by atoms with van der Waals surface area (Å²) < 4.78 is 5.31. The molecule has 1 amide bonds. The number of amides is 1. The van der Waals surface area contributed by atoms with Crippen molar-refractivity contribution in [3.05, 3.63) is 59.7 Å². The second-order valence-corrected chi connectivity index (χ2v) is 8.25. The zero-order valence-electron chi connectivity index (χ0n) is 16.5. The molecule has 1 aromatic carbocycles. The van der Waals surface area contributed by atoms with Crippen LogP contribution in [0.1, 0.15) is 47.6 Å². The number of nitrogens with zero attached hydrogens (tertiary/aromatic N) is 3. The summed E-state index contributed by atoms with van der Waals surface area (Å²) in [5.41, 5.74) is 2.47. The Morgan fingerprint density at radius 1 is 1.28 bits per heavy atom. The first-order valence-corrected chi connectivity index (χ1v) is 10.3. The van der Waals surface area contributed by atoms with Gasteiger partial charge in [-0.3, -0.25) is 9.69 Å². The first-order valence-electron chi connectivity index (χ1n) is 10.3. The Labute approximate surface area is 169 Å². The molecule has 2 atom stereocenters. The minimum Gasteiger partial charge on any atom is -0.360 e. The Kier molecular flexibility index (Phi) is 4.67. The fourth-order valence-corrected chi connectivity index (χ4v) is 4.00. The number of aromatic nitrogens is 3. The standard InChI is InChI=1S/C22H25N5O2/c1-14-11-27(12-17-10-23-21(24-17)16-5-3-2-4-6-16)13-19(14)25-22(28)18-9-20(29-26-18)15-7-8-15/h2-6,9-10,14-15,19H,7-8,11-13H2,1H3,(H,23,24)(H,25,28)/t14?,19-/m1/s1. The Balaban J connectivity index is 1.18. The lowest BCUT2D eigenvalue weighted by atomic mass is 10.1. The molecule has 1 aliphatic heterocycles. The van der Waals surface area contributed by atoms with E-state index in [1.54, 1.807) is 6.07 Å². The summed E-state index contributed by atoms with van der Waals surface area (Å²) in [5.74, 6) is 2.39. The molecule has 7 heteroatoms. The number of carbonyl (C=O) groups is 1. The maximum atomic E-state index is 12.6. The van der Waals surface area contributed by atoms with Crippen molar-refractivity contribution in [2.24, 2.45) is 5.92 Å². The lowest BCUT2D eigenvalue weighted by molar-refractivity contribution is 0.0922. The highest BCUT2D eigenvalue weighted by Gasteiger charge is 2.33. The molecule has 7 nitrogen and oxygen atoms in total. The Bertz CT molecular complexity index is 992. The molecule has 5 rings (SSSR count). The summed E-state index contributed by atoms with van der Waals surface area (Å²) >= 11 is 0. The van der Waals surface area contributed by atoms with Crippen molar-refractivity contribution in [1.29, 1.82) is 0 Å². The fraction of sp³-hybridized carbons (Fsp3) is 0.409. The summed E-state index contributed by atoms with van der Waals surface area (Å²) in [5, 5.41) is 7.08. The van der Waals surface area contributed by atoms with Crippen LogP contribution in [0.2, 0.25) is 0 Å². The second kappa shape index (κ2) is 7.48. The Hall–Kier alpha value is -2.93. The normalized spacial score (nSPS) is 22.1. The van der Waals surface area contributed by atoms with Crippen LogP contribution in [-0.2, 0) is 6.54 Å². The number of hydrogen-bond acceptors (Lipinski definition) is 5. The fourth-order valence-electron chi connectivity index (χ4n) is 4.00. The van der Waals surface area contributed by atoms with Crippen molar-refractivity contribution in [2.75, 3.05) is 13.1 Å². The number of carbonyl (C=O) groups excluding carboxylic acids is 1. The lowest BCUT2D eigenvalue weighted by Gasteiger charge is -2.16. The van der Waals surface area contributed by atoms with E-state index in [1.165, 1.54) is 0 Å². The molecule has 2 N–H and O–H groups in total. The van der Waals surface area contributed by atoms with Gasteiger partial charge in [-0.15, -0.1) is 0 Å². The number of likely N-dealkylation sites (tertiary alicyclic amines) is 1. The van der Waals surface area contributed by atoms with E-state index in [1.807, 2.05) is 36.5 Å². The van der Waals surface area contributed by atoms with Gasteiger partial charge in [0.2, 0.25) is 0 Å². The third-order valence-corrected chi connectivity index (χ3v) is 5.81. The molecule has 3 heterocycles. The van der Waals surface area contributed by atoms with Crippen LogP contribution >= 0.6 is 0 Å². The molecule has 1 aliphatic carbocycles. The highest BCUT2D eigenvalue weighted by molar-refractivity contribution is 5.92. The third-order valence-electron chi connectivity index (χ3n) is 5.81. The first kappa shape index (κ1) is 18.1. The summed E-state index contributed by atoms with van der Waals surface area (Å²) in [7, 11) is 0. The predicted octanol–water partition coefficient (Wildman–Crippen LogP) is 3.19. The second-order valence-electron chi connectivity index (χ2n) is 8.25. The van der Waals surface area contributed by atoms with Gasteiger partial charge in [0, 0.05) is 49.4 Å². The van der Waals surface area contributed by atoms with Crippen molar-refractivity contribution in [2.45, 2.75) is 38.3 Å². The summed E-state index contributed by atoms with van der Waals surface area (Å²) in [6.07, 6.45) is 4.22. The molecule has 29 heavy (non-hydrogen) atoms. The van der Waals surface area contributed by atoms with Crippen LogP contribution in [0, 0.1) is 5.92 Å². The van der Waals surface area contributed by atoms with Gasteiger partial charge in [-0.1, -0.05) is 42.4 Å². The van der Waals surface area contributed by atoms with Crippen LogP contribution < -0.4 is 5.32 Å². The summed E-state index contributed by atoms with van der Waals surface area (Å²) in [4.78, 5) is 22.9. The maximum absolute atomic E-state index is 12.6. The predicted molar refractivity (Wildman–Crippen MR) is 108 cm³/mol. The molecule has 150 valence electrons. The molecule has 0 bridgehead atoms. The van der Waals surface area contributed by atoms with E-state index in [0.717, 1.165) is 55.3 Å². The molecular weight excluding hydrogens is 366 g/mol. The van der Waals surface area contributed by atoms with Crippen molar-refractivity contribution in [1.82, 2.24) is 25.3 Å². The Morgan fingerprint density at radius 2 is 2.10 bits per heavy atom. The number of rotatable bonds is 6. The lowest BCUT2D eigenvalue weighted by Crippen LogP contribution is -2.40. The van der Waals surface area contributed by atoms with Crippen LogP contribution in [0.5, 0.6) is 0 Å². The zero-order valence-corrected chi connectivity index (χ0v) is 16.5. The number of hydrogen-bond donors (Lipinski definition) is 2. The number of imidazole rings is 1. The number of benzene rings is 1. The van der Waals surface area contributed by atoms with E-state index in [9.17, 15) is 4.79 Å². The van der Waals surface area contributed by atoms with Crippen molar-refractivity contribution >= 4 is 5.91 Å². The van der Waals surface area contributed by atoms with Gasteiger partial charge < -0.3 is 14.8 Å². The molecule has 2 aliphatic rings. The number of H-pyrrole nitrogens is 1. The van der Waals surface area contributed by atoms with Gasteiger partial charge >= 0.3 is 0 Å². The minimum absolute atomic E-state index is 0.0936. The maximum Gasteiger partial charge on any atom is 0.273 e. The van der Waals surface area contributed by atoms with E-state index >= 15 is 0 Å². The molecule has 0 spiro atoms. The molecule has 2 aromatic heterocycles. The van der Waals surface area contributed by atoms with Crippen molar-refractivity contribution in [3.8, 4) is 11.4 Å². The molecule has 0 radical (unpaired) electrons. The van der Waals surface area contributed by atoms with Gasteiger partial charge in [-0.05, 0) is 18.8 Å². The van der Waals surface area contributed by atoms with E-state index in [-0.39, 0.29) is 11.9 Å². The molecular formula is C22H25N5O2. The zero-order chi connectivity index (χ0) is 19.8. The number of aromatic amines is 1. The van der Waals surface area contributed by atoms with E-state index in [4.69, 9.17) is 9.51 Å². The molecule has 1 unspecified atom stereocenters. The molecule has 1 saturated carbocycles. The van der Waals surface area contributed by atoms with Crippen LogP contribution in [0.25, 0.3) is 11.4 Å². The van der Waals surface area contributed by atoms with E-state index < -0.39 is 0 Å². The first-order chi connectivity index (χ1) is 14.2. The molecule has 3 aromatic rings. The summed E-state index contributed by atoms with van der Waals surface area (Å²) in [6, 6.07) is 12.0. The summed E-state index contributed by atoms with van der Waals surface area (Å²) in [6.45, 7) is 4.65. The van der Waals surface area contributed by atoms with Gasteiger partial charge in [-0.2, -0.15) is 0 Å². The SMILES string of the molecule is CC1CN(Cc2c[nH]c(-c3ccccc3)n2)C[C@H]1NC(=O)c1cc(C2CC2)on1. The molecule has 1 saturated heterocycles. The quantitative estimate of drug-likeness (QED) is 0.674. The van der Waals surface area contributed by atoms with E-state index in [2.05, 4.69) is 27.3 Å². The largest absolute Gasteiger partial charge is 0.360 e. The van der Waals surface area contributed by atoms with Crippen LogP contribution in [0.15, 0.2) is 47.1 Å². The molecule has 2 fully saturated rings. The van der Waals surface area contributed by atoms with Crippen LogP contribution in [-0.4, -0.2) is 45.1 Å². The highest BCUT2D eigenvalue weighted by Crippen LogP contribution is 2.40. The van der Waals surface area contributed by atoms with Crippen molar-refractivity contribution < 1.29 is 9.32 Å². The highest BCUT2D eigenvalue weighted by atomic mass is 16.5. The topological polar surface area (TPSA) is 87.0 Å². The number of nitrogens with one attached hydrogen (secondary N) is 2. The van der Waals surface area contributed by atoms with Gasteiger partial charge in [0.1, 0.15) is 11.6 Å². The Morgan fingerprint density at radius 3 is 2.90 bits per heavy atom. The van der Waals surface area contributed by atoms with Gasteiger partial charge in [0.15, 0.2) is 5.69 Å². The van der Waals surface area contributed by atoms with Crippen LogP contribution in [0.3, 0.4) is 0 Å². The van der Waals surface area contributed by atoms with Gasteiger partial charge in [0.05, 0.1) is 5.69 Å². The minimum atomic E-state index is -0.148. The average molecular weight is 391 g/mol. The van der Waals surface area contributed by atoms with E-state index in [0.29, 0.717) is 17.5 Å². The van der Waals surface area contributed by atoms with Gasteiger partial charge in [0.25, 0.3) is 5.91 Å². The van der Waals surface area contributed by atoms with Crippen LogP contribution in [0.4, 0.5) is 0 Å². The van der Waals surface area contributed by atoms with Crippen molar-refractivity contribution in [3.63, 3.8) is 0 Å². The van der Waals surface area contributed by atoms with Gasteiger partial charge in [-0.25, -0.2) is 4.98 Å². The smallest absolute Gasteiger partial charge is 0.273 e. The average Bonchev–Trinajstić information content (AvgIpc) is 3.13. The monoisotopic (exact) mass is 391 g/mol. The third kappa shape index (κ3) is 3.96.